The maximum Gasteiger partial charge on any atom is 0.332 e. The molecular formula is C90H118IN5O30. The number of ketones is 24. The van der Waals surface area contributed by atoms with Crippen LogP contribution in [0.2, 0.25) is 0 Å². The number of anilines is 1. The van der Waals surface area contributed by atoms with Gasteiger partial charge in [0, 0.05) is 325 Å². The Bertz CT molecular complexity index is 4230. The summed E-state index contributed by atoms with van der Waals surface area (Å²) in [6.07, 6.45) is -8.80. The van der Waals surface area contributed by atoms with Crippen LogP contribution in [0.15, 0.2) is 18.2 Å². The molecule has 2 rings (SSSR count). The molecule has 126 heavy (non-hydrogen) atoms. The molecule has 1 saturated heterocycles. The number of nitrogens with two attached hydrogens (primary N) is 1. The average Bonchev–Trinajstić information content (AvgIpc) is 0.793. The zero-order chi connectivity index (χ0) is 94.2. The van der Waals surface area contributed by atoms with Crippen LogP contribution in [0.3, 0.4) is 0 Å². The van der Waals surface area contributed by atoms with Gasteiger partial charge in [0.1, 0.15) is 157 Å². The van der Waals surface area contributed by atoms with Gasteiger partial charge in [-0.15, -0.1) is 0 Å². The molecule has 0 spiro atoms. The molecule has 0 aromatic heterocycles. The van der Waals surface area contributed by atoms with E-state index >= 15 is 0 Å². The average molecular weight is 1880 g/mol. The number of imide groups is 1. The number of halogens is 1. The van der Waals surface area contributed by atoms with Crippen LogP contribution in [-0.2, 0) is 134 Å². The van der Waals surface area contributed by atoms with Crippen molar-refractivity contribution < 1.29 is 144 Å². The van der Waals surface area contributed by atoms with Crippen molar-refractivity contribution >= 4 is 197 Å². The Balaban J connectivity index is 1.47. The second kappa shape index (κ2) is 63.2. The van der Waals surface area contributed by atoms with E-state index in [1.807, 2.05) is 22.6 Å². The lowest BCUT2D eigenvalue weighted by Crippen LogP contribution is -2.57. The van der Waals surface area contributed by atoms with Crippen LogP contribution in [0.5, 0.6) is 5.75 Å². The molecule has 0 radical (unpaired) electrons. The summed E-state index contributed by atoms with van der Waals surface area (Å²) in [6, 6.07) is 2.81. The van der Waals surface area contributed by atoms with E-state index in [9.17, 15) is 139 Å². The van der Waals surface area contributed by atoms with Gasteiger partial charge in [0.05, 0.1) is 19.2 Å². The van der Waals surface area contributed by atoms with E-state index in [1.54, 1.807) is 18.2 Å². The van der Waals surface area contributed by atoms with Crippen LogP contribution in [-0.4, -0.2) is 200 Å². The predicted octanol–water partition coefficient (Wildman–Crippen LogP) is 8.30. The summed E-state index contributed by atoms with van der Waals surface area (Å²) in [5.74, 6) is -11.7. The third-order valence-electron chi connectivity index (χ3n) is 20.6. The number of benzene rings is 1. The number of carbonyl (C=O) groups is 29. The Morgan fingerprint density at radius 2 is 0.540 bits per heavy atom. The van der Waals surface area contributed by atoms with E-state index in [1.165, 1.54) is 18.9 Å². The Kier molecular flexibility index (Phi) is 55.8. The number of hydrogen-bond donors (Lipinski definition) is 3. The second-order valence-electron chi connectivity index (χ2n) is 31.4. The number of rotatable bonds is 80. The molecule has 1 fully saturated rings. The molecule has 35 nitrogen and oxygen atoms in total. The van der Waals surface area contributed by atoms with Crippen LogP contribution in [0.25, 0.3) is 0 Å². The molecule has 1 aliphatic heterocycles. The van der Waals surface area contributed by atoms with Gasteiger partial charge in [0.2, 0.25) is 23.6 Å². The summed E-state index contributed by atoms with van der Waals surface area (Å²) in [5.41, 5.74) is 5.70. The van der Waals surface area contributed by atoms with E-state index in [0.717, 1.165) is 8.47 Å². The Labute approximate surface area is 744 Å². The summed E-state index contributed by atoms with van der Waals surface area (Å²) >= 11 is 2.05. The molecule has 0 unspecified atom stereocenters. The summed E-state index contributed by atoms with van der Waals surface area (Å²) in [4.78, 5) is 361. The van der Waals surface area contributed by atoms with Crippen molar-refractivity contribution in [1.29, 1.82) is 0 Å². The fourth-order valence-corrected chi connectivity index (χ4v) is 13.0. The summed E-state index contributed by atoms with van der Waals surface area (Å²) in [6.45, 7) is 0.792. The molecule has 690 valence electrons. The van der Waals surface area contributed by atoms with E-state index in [2.05, 4.69) is 10.6 Å². The normalized spacial score (nSPS) is 11.9. The summed E-state index contributed by atoms with van der Waals surface area (Å²) < 4.78 is 6.15. The van der Waals surface area contributed by atoms with Crippen LogP contribution in [0.4, 0.5) is 10.5 Å². The van der Waals surface area contributed by atoms with Crippen molar-refractivity contribution in [3.8, 4) is 5.75 Å². The number of nitrogens with zero attached hydrogens (tertiary/aromatic N) is 2. The van der Waals surface area contributed by atoms with Gasteiger partial charge in [-0.1, -0.05) is 0 Å². The number of primary amides is 1. The predicted molar refractivity (Wildman–Crippen MR) is 456 cm³/mol. The zero-order valence-corrected chi connectivity index (χ0v) is 74.3. The first-order valence-electron chi connectivity index (χ1n) is 42.8. The van der Waals surface area contributed by atoms with Crippen LogP contribution < -0.4 is 26.0 Å². The number of carbonyl (C=O) groups excluding carboxylic acids is 29. The molecule has 1 aliphatic rings. The Hall–Kier alpha value is -10.8. The lowest BCUT2D eigenvalue weighted by molar-refractivity contribution is -0.134. The number of amides is 6. The van der Waals surface area contributed by atoms with Gasteiger partial charge in [-0.05, 0) is 47.7 Å². The maximum absolute atomic E-state index is 13.4. The van der Waals surface area contributed by atoms with Crippen molar-refractivity contribution in [3.63, 3.8) is 0 Å². The summed E-state index contributed by atoms with van der Waals surface area (Å²) in [7, 11) is 1.42. The molecule has 1 aromatic rings. The number of Topliss-reactive ketones (excluding diaryl/α,β-unsaturated/α-hetero) is 24. The standard InChI is InChI=1S/C90H118IN5O30/c1-58(97)3-5-60(98)6-7-61(99)8-9-62(100)10-11-63(101)12-13-64(102)14-15-65(103)16-17-66(104)18-19-67(105)20-21-68(106)22-23-69(107)24-25-70(108)26-27-71(109)28-29-72(110)30-31-73(111)32-33-74(112)34-35-75(113)36-37-76(114)38-39-77(115)40-41-78(116)42-43-79(117)44-45-80(118)46-47-81(119)48-49-82(120)50-52-87(122)94-83(56-86(92)121)89(124)93-57-96-88(123)53-54-95(90(96)125)84-55-59(91)4-51-85(84)126-2/h4,51,55,83H,3,5-50,52-54,56-57H2,1-2H3,(H2,92,121)(H,93,124)(H,94,122)/t83-/m0/s1. The monoisotopic (exact) mass is 1880 g/mol. The second-order valence-corrected chi connectivity index (χ2v) is 32.6. The van der Waals surface area contributed by atoms with Gasteiger partial charge < -0.3 is 25.9 Å². The number of methoxy groups -OCH3 is 1. The van der Waals surface area contributed by atoms with Crippen molar-refractivity contribution in [2.24, 2.45) is 5.73 Å². The number of hydrogen-bond acceptors (Lipinski definition) is 30. The molecule has 0 bridgehead atoms. The number of urea groups is 1. The van der Waals surface area contributed by atoms with E-state index in [0.29, 0.717) is 11.4 Å². The molecule has 1 heterocycles. The Morgan fingerprint density at radius 3 is 0.738 bits per heavy atom. The first-order chi connectivity index (χ1) is 59.6. The first kappa shape index (κ1) is 111. The van der Waals surface area contributed by atoms with Gasteiger partial charge in [-0.3, -0.25) is 134 Å². The van der Waals surface area contributed by atoms with Gasteiger partial charge in [0.15, 0.2) is 0 Å². The molecule has 4 N–H and O–H groups in total. The van der Waals surface area contributed by atoms with Crippen LogP contribution in [0.1, 0.15) is 328 Å². The lowest BCUT2D eigenvalue weighted by atomic mass is 9.99. The van der Waals surface area contributed by atoms with Gasteiger partial charge >= 0.3 is 6.03 Å². The topological polar surface area (TPSA) is 561 Å². The van der Waals surface area contributed by atoms with Crippen molar-refractivity contribution in [3.05, 3.63) is 21.8 Å². The minimum absolute atomic E-state index is 0.00548. The fourth-order valence-electron chi connectivity index (χ4n) is 12.5. The quantitative estimate of drug-likeness (QED) is 0.0516. The molecule has 0 aliphatic carbocycles. The third kappa shape index (κ3) is 54.2. The SMILES string of the molecule is COc1ccc(I)cc1N1CCC(=O)N(CNC(=O)[C@H](CC(N)=O)NC(=O)CCC(=O)CCC(=O)CCC(=O)CCC(=O)CCC(=O)CCC(=O)CCC(=O)CCC(=O)CCC(=O)CCC(=O)CCC(=O)CCC(=O)CCC(=O)CCC(=O)CCC(=O)CCC(=O)CCC(=O)CCC(=O)CCC(=O)CCC(=O)CCC(=O)CCC(=O)CCC(=O)CCC(C)=O)C1=O. The molecule has 36 heteroatoms. The molecule has 0 saturated carbocycles. The minimum Gasteiger partial charge on any atom is -0.495 e. The zero-order valence-electron chi connectivity index (χ0n) is 72.2. The number of ether oxygens (including phenoxy) is 1. The van der Waals surface area contributed by atoms with Crippen molar-refractivity contribution in [2.75, 3.05) is 25.2 Å². The van der Waals surface area contributed by atoms with Gasteiger partial charge in [-0.2, -0.15) is 0 Å². The molecule has 6 amide bonds. The summed E-state index contributed by atoms with van der Waals surface area (Å²) in [5, 5.41) is 4.69. The van der Waals surface area contributed by atoms with Crippen molar-refractivity contribution in [2.45, 2.75) is 334 Å². The lowest BCUT2D eigenvalue weighted by Gasteiger charge is -2.35. The highest BCUT2D eigenvalue weighted by atomic mass is 127. The van der Waals surface area contributed by atoms with E-state index in [4.69, 9.17) is 10.5 Å². The highest BCUT2D eigenvalue weighted by Gasteiger charge is 2.36. The van der Waals surface area contributed by atoms with E-state index < -0.39 is 119 Å². The van der Waals surface area contributed by atoms with Crippen molar-refractivity contribution in [1.82, 2.24) is 15.5 Å². The van der Waals surface area contributed by atoms with Crippen LogP contribution >= 0.6 is 22.6 Å². The smallest absolute Gasteiger partial charge is 0.332 e. The largest absolute Gasteiger partial charge is 0.495 e. The highest BCUT2D eigenvalue weighted by molar-refractivity contribution is 14.1. The fraction of sp³-hybridized carbons (Fsp3) is 0.611. The van der Waals surface area contributed by atoms with Gasteiger partial charge in [-0.25, -0.2) is 9.69 Å². The maximum atomic E-state index is 13.4. The first-order valence-corrected chi connectivity index (χ1v) is 43.9. The minimum atomic E-state index is -1.53. The highest BCUT2D eigenvalue weighted by Crippen LogP contribution is 2.33. The van der Waals surface area contributed by atoms with Gasteiger partial charge in [0.25, 0.3) is 0 Å². The van der Waals surface area contributed by atoms with Crippen LogP contribution in [0, 0.1) is 3.57 Å². The molecule has 1 aromatic carbocycles. The number of nitrogens with one attached hydrogen (secondary N) is 2. The molecular weight excluding hydrogens is 1760 g/mol. The Morgan fingerprint density at radius 1 is 0.333 bits per heavy atom. The van der Waals surface area contributed by atoms with E-state index in [-0.39, 0.29) is 390 Å². The molecule has 1 atom stereocenters. The third-order valence-corrected chi connectivity index (χ3v) is 21.3.